The van der Waals surface area contributed by atoms with Crippen molar-refractivity contribution in [3.63, 3.8) is 0 Å². The largest absolute Gasteiger partial charge is 0.508 e. The molecule has 0 saturated carbocycles. The number of esters is 1. The molecule has 10 nitrogen and oxygen atoms in total. The van der Waals surface area contributed by atoms with Crippen molar-refractivity contribution in [2.24, 2.45) is 0 Å². The van der Waals surface area contributed by atoms with E-state index in [0.29, 0.717) is 5.56 Å². The van der Waals surface area contributed by atoms with Crippen molar-refractivity contribution in [1.82, 2.24) is 15.5 Å². The van der Waals surface area contributed by atoms with Crippen molar-refractivity contribution in [3.8, 4) is 5.75 Å². The van der Waals surface area contributed by atoms with E-state index in [2.05, 4.69) is 10.6 Å². The average Bonchev–Trinajstić information content (AvgIpc) is 2.86. The summed E-state index contributed by atoms with van der Waals surface area (Å²) in [5.74, 6) is -1.59. The van der Waals surface area contributed by atoms with Gasteiger partial charge in [-0.2, -0.15) is 0 Å². The van der Waals surface area contributed by atoms with Crippen molar-refractivity contribution in [1.29, 1.82) is 0 Å². The molecule has 2 aromatic carbocycles. The van der Waals surface area contributed by atoms with Crippen LogP contribution >= 0.6 is 0 Å². The van der Waals surface area contributed by atoms with Gasteiger partial charge in [-0.05, 0) is 57.9 Å². The quantitative estimate of drug-likeness (QED) is 0.350. The number of nitrogens with one attached hydrogen (secondary N) is 2. The van der Waals surface area contributed by atoms with E-state index in [4.69, 9.17) is 9.47 Å². The summed E-state index contributed by atoms with van der Waals surface area (Å²) in [7, 11) is 0. The summed E-state index contributed by atoms with van der Waals surface area (Å²) in [4.78, 5) is 53.2. The van der Waals surface area contributed by atoms with E-state index in [9.17, 15) is 24.3 Å². The van der Waals surface area contributed by atoms with Crippen LogP contribution in [0.3, 0.4) is 0 Å². The molecule has 2 rings (SSSR count). The summed E-state index contributed by atoms with van der Waals surface area (Å²) in [6, 6.07) is 13.0. The van der Waals surface area contributed by atoms with Crippen LogP contribution in [0, 0.1) is 0 Å². The zero-order valence-corrected chi connectivity index (χ0v) is 23.2. The Labute approximate surface area is 229 Å². The zero-order chi connectivity index (χ0) is 29.0. The van der Waals surface area contributed by atoms with Crippen LogP contribution in [-0.4, -0.2) is 65.2 Å². The van der Waals surface area contributed by atoms with Crippen LogP contribution in [0.5, 0.6) is 5.75 Å². The fraction of sp³-hybridized carbons (Fsp3) is 0.448. The predicted octanol–water partition coefficient (Wildman–Crippen LogP) is 3.49. The van der Waals surface area contributed by atoms with Gasteiger partial charge in [-0.3, -0.25) is 14.4 Å². The number of carbonyl (C=O) groups is 4. The molecule has 0 aromatic heterocycles. The normalized spacial score (nSPS) is 12.5. The molecule has 2 atom stereocenters. The number of benzene rings is 2. The molecule has 0 radical (unpaired) electrons. The number of hydrogen-bond donors (Lipinski definition) is 3. The standard InChI is InChI=1S/C29H39N3O7/c1-6-32(25(21-14-11-15-22(33)19-21)26(35)30-17-16-24(34)38-7-2)27(36)23(18-20-12-9-8-10-13-20)31-28(37)39-29(3,4)5/h8-15,19,23,25,33H,6-7,16-18H2,1-5H3,(H,30,35)(H,31,37). The number of alkyl carbamates (subject to hydrolysis) is 1. The first-order valence-corrected chi connectivity index (χ1v) is 13.0. The third-order valence-electron chi connectivity index (χ3n) is 5.58. The van der Waals surface area contributed by atoms with E-state index < -0.39 is 41.6 Å². The molecule has 10 heteroatoms. The SMILES string of the molecule is CCOC(=O)CCNC(=O)C(c1cccc(O)c1)N(CC)C(=O)C(Cc1ccccc1)NC(=O)OC(C)(C)C. The number of likely N-dealkylation sites (N-methyl/N-ethyl adjacent to an activating group) is 1. The molecule has 0 aliphatic heterocycles. The molecule has 0 aliphatic carbocycles. The third-order valence-corrected chi connectivity index (χ3v) is 5.58. The fourth-order valence-electron chi connectivity index (χ4n) is 3.95. The van der Waals surface area contributed by atoms with Crippen LogP contribution in [0.2, 0.25) is 0 Å². The lowest BCUT2D eigenvalue weighted by atomic mass is 10.00. The molecule has 0 heterocycles. The molecule has 2 unspecified atom stereocenters. The van der Waals surface area contributed by atoms with Gasteiger partial charge >= 0.3 is 12.1 Å². The van der Waals surface area contributed by atoms with Crippen LogP contribution in [0.25, 0.3) is 0 Å². The van der Waals surface area contributed by atoms with Crippen LogP contribution in [0.1, 0.15) is 58.2 Å². The van der Waals surface area contributed by atoms with Crippen molar-refractivity contribution in [2.75, 3.05) is 19.7 Å². The Bertz CT molecular complexity index is 1120. The molecule has 0 fully saturated rings. The molecule has 212 valence electrons. The zero-order valence-electron chi connectivity index (χ0n) is 23.2. The van der Waals surface area contributed by atoms with E-state index in [0.717, 1.165) is 5.56 Å². The number of rotatable bonds is 12. The van der Waals surface area contributed by atoms with Gasteiger partial charge in [-0.25, -0.2) is 4.79 Å². The number of phenols is 1. The molecule has 3 N–H and O–H groups in total. The van der Waals surface area contributed by atoms with Crippen LogP contribution in [0.4, 0.5) is 4.79 Å². The van der Waals surface area contributed by atoms with Crippen molar-refractivity contribution in [3.05, 3.63) is 65.7 Å². The predicted molar refractivity (Wildman–Crippen MR) is 146 cm³/mol. The Morgan fingerprint density at radius 2 is 1.69 bits per heavy atom. The fourth-order valence-corrected chi connectivity index (χ4v) is 3.95. The minimum Gasteiger partial charge on any atom is -0.508 e. The molecular formula is C29H39N3O7. The van der Waals surface area contributed by atoms with Gasteiger partial charge < -0.3 is 30.1 Å². The van der Waals surface area contributed by atoms with E-state index in [-0.39, 0.29) is 38.3 Å². The average molecular weight is 542 g/mol. The van der Waals surface area contributed by atoms with E-state index in [1.807, 2.05) is 30.3 Å². The van der Waals surface area contributed by atoms with E-state index in [1.165, 1.54) is 17.0 Å². The smallest absolute Gasteiger partial charge is 0.408 e. The van der Waals surface area contributed by atoms with Gasteiger partial charge in [0.2, 0.25) is 11.8 Å². The third kappa shape index (κ3) is 10.3. The molecule has 2 aromatic rings. The maximum Gasteiger partial charge on any atom is 0.408 e. The number of nitrogens with zero attached hydrogens (tertiary/aromatic N) is 1. The molecular weight excluding hydrogens is 502 g/mol. The van der Waals surface area contributed by atoms with Gasteiger partial charge in [-0.15, -0.1) is 0 Å². The maximum atomic E-state index is 14.0. The van der Waals surface area contributed by atoms with Crippen molar-refractivity contribution in [2.45, 2.75) is 65.1 Å². The maximum absolute atomic E-state index is 14.0. The van der Waals surface area contributed by atoms with Crippen molar-refractivity contribution >= 4 is 23.9 Å². The number of phenolic OH excluding ortho intramolecular Hbond substituents is 1. The number of aromatic hydroxyl groups is 1. The first kappa shape index (κ1) is 31.1. The molecule has 0 aliphatic rings. The molecule has 39 heavy (non-hydrogen) atoms. The van der Waals surface area contributed by atoms with Crippen LogP contribution < -0.4 is 10.6 Å². The lowest BCUT2D eigenvalue weighted by Gasteiger charge is -2.34. The van der Waals surface area contributed by atoms with Gasteiger partial charge in [0, 0.05) is 19.5 Å². The Morgan fingerprint density at radius 3 is 2.28 bits per heavy atom. The van der Waals surface area contributed by atoms with Crippen molar-refractivity contribution < 1.29 is 33.8 Å². The summed E-state index contributed by atoms with van der Waals surface area (Å²) < 4.78 is 10.3. The summed E-state index contributed by atoms with van der Waals surface area (Å²) in [5, 5.41) is 15.5. The lowest BCUT2D eigenvalue weighted by Crippen LogP contribution is -2.53. The Morgan fingerprint density at radius 1 is 1.00 bits per heavy atom. The van der Waals surface area contributed by atoms with Crippen LogP contribution in [-0.2, 0) is 30.3 Å². The number of amides is 3. The second-order valence-corrected chi connectivity index (χ2v) is 9.86. The summed E-state index contributed by atoms with van der Waals surface area (Å²) in [6.07, 6.45) is -0.642. The van der Waals surface area contributed by atoms with Gasteiger partial charge in [0.05, 0.1) is 13.0 Å². The minimum absolute atomic E-state index is 0.00231. The van der Waals surface area contributed by atoms with Gasteiger partial charge in [0.15, 0.2) is 0 Å². The molecule has 3 amide bonds. The summed E-state index contributed by atoms with van der Waals surface area (Å²) in [6.45, 7) is 8.91. The summed E-state index contributed by atoms with van der Waals surface area (Å²) in [5.41, 5.74) is 0.392. The highest BCUT2D eigenvalue weighted by Gasteiger charge is 2.35. The highest BCUT2D eigenvalue weighted by atomic mass is 16.6. The van der Waals surface area contributed by atoms with E-state index >= 15 is 0 Å². The highest BCUT2D eigenvalue weighted by molar-refractivity contribution is 5.92. The number of carbonyl (C=O) groups excluding carboxylic acids is 4. The minimum atomic E-state index is -1.14. The first-order valence-electron chi connectivity index (χ1n) is 13.0. The Hall–Kier alpha value is -4.08. The molecule has 0 saturated heterocycles. The molecule has 0 bridgehead atoms. The number of ether oxygens (including phenoxy) is 2. The summed E-state index contributed by atoms with van der Waals surface area (Å²) >= 11 is 0. The Kier molecular flexibility index (Phi) is 11.8. The second kappa shape index (κ2) is 14.8. The van der Waals surface area contributed by atoms with E-state index in [1.54, 1.807) is 46.8 Å². The lowest BCUT2D eigenvalue weighted by molar-refractivity contribution is -0.144. The van der Waals surface area contributed by atoms with Gasteiger partial charge in [0.25, 0.3) is 0 Å². The van der Waals surface area contributed by atoms with Gasteiger partial charge in [0.1, 0.15) is 23.4 Å². The monoisotopic (exact) mass is 541 g/mol. The first-order chi connectivity index (χ1) is 18.4. The molecule has 0 spiro atoms. The highest BCUT2D eigenvalue weighted by Crippen LogP contribution is 2.26. The second-order valence-electron chi connectivity index (χ2n) is 9.86. The Balaban J connectivity index is 2.39. The number of hydrogen-bond acceptors (Lipinski definition) is 7. The van der Waals surface area contributed by atoms with Crippen LogP contribution in [0.15, 0.2) is 54.6 Å². The van der Waals surface area contributed by atoms with Gasteiger partial charge in [-0.1, -0.05) is 42.5 Å². The topological polar surface area (TPSA) is 134 Å².